The van der Waals surface area contributed by atoms with Gasteiger partial charge in [0, 0.05) is 20.6 Å². The second-order valence-electron chi connectivity index (χ2n) is 7.34. The predicted octanol–water partition coefficient (Wildman–Crippen LogP) is 6.46. The van der Waals surface area contributed by atoms with Crippen LogP contribution in [0.1, 0.15) is 29.9 Å². The molecule has 4 nitrogen and oxygen atoms in total. The molecule has 31 heavy (non-hydrogen) atoms. The van der Waals surface area contributed by atoms with E-state index in [9.17, 15) is 4.79 Å². The van der Waals surface area contributed by atoms with Gasteiger partial charge in [-0.15, -0.1) is 0 Å². The maximum Gasteiger partial charge on any atom is 0.224 e. The van der Waals surface area contributed by atoms with E-state index in [1.165, 1.54) is 0 Å². The van der Waals surface area contributed by atoms with Gasteiger partial charge in [-0.1, -0.05) is 65.1 Å². The number of aromatic nitrogens is 2. The van der Waals surface area contributed by atoms with Crippen molar-refractivity contribution in [3.8, 4) is 0 Å². The molecule has 0 bridgehead atoms. The van der Waals surface area contributed by atoms with Crippen LogP contribution in [0.4, 0.5) is 0 Å². The highest BCUT2D eigenvalue weighted by atomic mass is 35.5. The molecule has 0 saturated heterocycles. The summed E-state index contributed by atoms with van der Waals surface area (Å²) in [5.74, 6) is 0.644. The van der Waals surface area contributed by atoms with Gasteiger partial charge in [0.25, 0.3) is 0 Å². The average Bonchev–Trinajstić information content (AvgIpc) is 3.11. The van der Waals surface area contributed by atoms with Crippen molar-refractivity contribution in [2.75, 3.05) is 0 Å². The van der Waals surface area contributed by atoms with Crippen molar-refractivity contribution in [3.05, 3.63) is 98.7 Å². The molecule has 1 unspecified atom stereocenters. The van der Waals surface area contributed by atoms with Crippen LogP contribution in [0.5, 0.6) is 0 Å². The van der Waals surface area contributed by atoms with Gasteiger partial charge in [-0.2, -0.15) is 0 Å². The minimum Gasteiger partial charge on any atom is -0.346 e. The summed E-state index contributed by atoms with van der Waals surface area (Å²) in [7, 11) is 0. The zero-order valence-corrected chi connectivity index (χ0v) is 19.0. The van der Waals surface area contributed by atoms with Crippen LogP contribution in [-0.2, 0) is 17.8 Å². The second-order valence-corrected chi connectivity index (χ2v) is 8.59. The van der Waals surface area contributed by atoms with E-state index in [0.29, 0.717) is 21.6 Å². The van der Waals surface area contributed by atoms with Gasteiger partial charge in [-0.05, 0) is 48.9 Å². The lowest BCUT2D eigenvalue weighted by atomic mass is 10.1. The predicted molar refractivity (Wildman–Crippen MR) is 127 cm³/mol. The molecule has 0 aliphatic carbocycles. The maximum atomic E-state index is 12.7. The lowest BCUT2D eigenvalue weighted by molar-refractivity contribution is -0.121. The zero-order chi connectivity index (χ0) is 22.0. The van der Waals surface area contributed by atoms with Crippen LogP contribution < -0.4 is 5.32 Å². The Bertz CT molecular complexity index is 1210. The second kappa shape index (κ2) is 9.31. The van der Waals surface area contributed by atoms with Crippen molar-refractivity contribution in [2.45, 2.75) is 25.9 Å². The van der Waals surface area contributed by atoms with E-state index < -0.39 is 0 Å². The average molecular weight is 473 g/mol. The minimum atomic E-state index is -0.312. The Morgan fingerprint density at radius 1 is 0.968 bits per heavy atom. The van der Waals surface area contributed by atoms with Crippen LogP contribution in [0.15, 0.2) is 66.7 Å². The van der Waals surface area contributed by atoms with Crippen LogP contribution in [0.2, 0.25) is 15.1 Å². The molecule has 1 N–H and O–H groups in total. The van der Waals surface area contributed by atoms with Gasteiger partial charge in [0.05, 0.1) is 30.0 Å². The quantitative estimate of drug-likeness (QED) is 0.350. The van der Waals surface area contributed by atoms with Gasteiger partial charge >= 0.3 is 0 Å². The van der Waals surface area contributed by atoms with Gasteiger partial charge in [-0.3, -0.25) is 4.79 Å². The Balaban J connectivity index is 1.62. The lowest BCUT2D eigenvalue weighted by Gasteiger charge is -2.17. The summed E-state index contributed by atoms with van der Waals surface area (Å²) in [5.41, 5.74) is 3.51. The molecule has 0 aliphatic heterocycles. The highest BCUT2D eigenvalue weighted by Gasteiger charge is 2.20. The summed E-state index contributed by atoms with van der Waals surface area (Å²) in [6, 6.07) is 20.2. The van der Waals surface area contributed by atoms with Crippen molar-refractivity contribution in [3.63, 3.8) is 0 Å². The fourth-order valence-corrected chi connectivity index (χ4v) is 4.22. The molecule has 1 atom stereocenters. The van der Waals surface area contributed by atoms with Crippen LogP contribution in [-0.4, -0.2) is 15.5 Å². The standard InChI is InChI=1S/C24H20Cl3N3O/c1-15(28-23(31)13-16-9-11-17(25)12-10-16)24-29-21-7-2-3-8-22(21)30(24)14-18-19(26)5-4-6-20(18)27/h2-12,15H,13-14H2,1H3,(H,28,31). The van der Waals surface area contributed by atoms with Crippen LogP contribution in [0.3, 0.4) is 0 Å². The molecule has 0 radical (unpaired) electrons. The molecular formula is C24H20Cl3N3O. The van der Waals surface area contributed by atoms with Crippen LogP contribution in [0, 0.1) is 0 Å². The summed E-state index contributed by atoms with van der Waals surface area (Å²) in [6.45, 7) is 2.37. The first-order valence-corrected chi connectivity index (χ1v) is 11.0. The number of nitrogens with one attached hydrogen (secondary N) is 1. The molecule has 3 aromatic carbocycles. The number of para-hydroxylation sites is 2. The number of imidazole rings is 1. The van der Waals surface area contributed by atoms with E-state index in [1.54, 1.807) is 12.1 Å². The van der Waals surface area contributed by atoms with Crippen molar-refractivity contribution in [2.24, 2.45) is 0 Å². The van der Waals surface area contributed by atoms with E-state index in [2.05, 4.69) is 9.88 Å². The van der Waals surface area contributed by atoms with Crippen molar-refractivity contribution in [1.82, 2.24) is 14.9 Å². The molecule has 0 aliphatic rings. The monoisotopic (exact) mass is 471 g/mol. The number of fused-ring (bicyclic) bond motifs is 1. The smallest absolute Gasteiger partial charge is 0.224 e. The molecule has 4 aromatic rings. The molecule has 0 spiro atoms. The van der Waals surface area contributed by atoms with Gasteiger partial charge in [-0.25, -0.2) is 4.98 Å². The number of nitrogens with zero attached hydrogens (tertiary/aromatic N) is 2. The van der Waals surface area contributed by atoms with Crippen LogP contribution in [0.25, 0.3) is 11.0 Å². The zero-order valence-electron chi connectivity index (χ0n) is 16.8. The molecule has 1 amide bonds. The number of hydrogen-bond donors (Lipinski definition) is 1. The topological polar surface area (TPSA) is 46.9 Å². The number of benzene rings is 3. The van der Waals surface area contributed by atoms with Crippen molar-refractivity contribution >= 4 is 51.7 Å². The number of rotatable bonds is 6. The third-order valence-corrected chi connectivity index (χ3v) is 6.06. The summed E-state index contributed by atoms with van der Waals surface area (Å²) in [6.07, 6.45) is 0.262. The first-order valence-electron chi connectivity index (χ1n) is 9.84. The summed E-state index contributed by atoms with van der Waals surface area (Å²) in [4.78, 5) is 17.4. The number of halogens is 3. The third-order valence-electron chi connectivity index (χ3n) is 5.10. The van der Waals surface area contributed by atoms with E-state index in [1.807, 2.05) is 61.5 Å². The molecule has 1 heterocycles. The Morgan fingerprint density at radius 2 is 1.65 bits per heavy atom. The Kier molecular flexibility index (Phi) is 6.51. The third kappa shape index (κ3) is 4.87. The van der Waals surface area contributed by atoms with Gasteiger partial charge in [0.2, 0.25) is 5.91 Å². The van der Waals surface area contributed by atoms with Gasteiger partial charge in [0.1, 0.15) is 5.82 Å². The first-order chi connectivity index (χ1) is 14.9. The first kappa shape index (κ1) is 21.7. The molecule has 158 valence electrons. The highest BCUT2D eigenvalue weighted by molar-refractivity contribution is 6.36. The van der Waals surface area contributed by atoms with E-state index in [-0.39, 0.29) is 18.4 Å². The molecule has 1 aromatic heterocycles. The van der Waals surface area contributed by atoms with Gasteiger partial charge in [0.15, 0.2) is 0 Å². The maximum absolute atomic E-state index is 12.7. The largest absolute Gasteiger partial charge is 0.346 e. The number of carbonyl (C=O) groups excluding carboxylic acids is 1. The number of hydrogen-bond acceptors (Lipinski definition) is 2. The SMILES string of the molecule is CC(NC(=O)Cc1ccc(Cl)cc1)c1nc2ccccc2n1Cc1c(Cl)cccc1Cl. The highest BCUT2D eigenvalue weighted by Crippen LogP contribution is 2.29. The molecule has 0 fully saturated rings. The van der Waals surface area contributed by atoms with Crippen LogP contribution >= 0.6 is 34.8 Å². The van der Waals surface area contributed by atoms with Gasteiger partial charge < -0.3 is 9.88 Å². The van der Waals surface area contributed by atoms with E-state index in [4.69, 9.17) is 39.8 Å². The normalized spacial score (nSPS) is 12.1. The Hall–Kier alpha value is -2.53. The summed E-state index contributed by atoms with van der Waals surface area (Å²) >= 11 is 18.8. The fraction of sp³-hybridized carbons (Fsp3) is 0.167. The summed E-state index contributed by atoms with van der Waals surface area (Å²) in [5, 5.41) is 4.88. The van der Waals surface area contributed by atoms with Crippen molar-refractivity contribution < 1.29 is 4.79 Å². The lowest BCUT2D eigenvalue weighted by Crippen LogP contribution is -2.30. The number of carbonyl (C=O) groups is 1. The Morgan fingerprint density at radius 3 is 2.35 bits per heavy atom. The fourth-order valence-electron chi connectivity index (χ4n) is 3.58. The molecule has 7 heteroatoms. The molecule has 4 rings (SSSR count). The minimum absolute atomic E-state index is 0.0933. The van der Waals surface area contributed by atoms with E-state index in [0.717, 1.165) is 28.0 Å². The van der Waals surface area contributed by atoms with E-state index >= 15 is 0 Å². The summed E-state index contributed by atoms with van der Waals surface area (Å²) < 4.78 is 2.05. The van der Waals surface area contributed by atoms with Crippen molar-refractivity contribution in [1.29, 1.82) is 0 Å². The Labute approximate surface area is 195 Å². The molecule has 0 saturated carbocycles. The number of amides is 1. The molecular weight excluding hydrogens is 453 g/mol.